The van der Waals surface area contributed by atoms with E-state index in [1.807, 2.05) is 13.9 Å². The van der Waals surface area contributed by atoms with Gasteiger partial charge in [-0.3, -0.25) is 0 Å². The predicted octanol–water partition coefficient (Wildman–Crippen LogP) is 0.238. The van der Waals surface area contributed by atoms with E-state index in [1.54, 1.807) is 0 Å². The van der Waals surface area contributed by atoms with Gasteiger partial charge in [-0.2, -0.15) is 0 Å². The maximum atomic E-state index is 11.1. The first-order valence-electron chi connectivity index (χ1n) is 4.80. The van der Waals surface area contributed by atoms with Crippen molar-refractivity contribution in [2.24, 2.45) is 0 Å². The van der Waals surface area contributed by atoms with E-state index in [4.69, 9.17) is 0 Å². The molecule has 3 nitrogen and oxygen atoms in total. The Morgan fingerprint density at radius 2 is 2.00 bits per heavy atom. The van der Waals surface area contributed by atoms with Crippen LogP contribution < -0.4 is 11.2 Å². The minimum atomic E-state index is -0.135. The Morgan fingerprint density at radius 3 is 2.64 bits per heavy atom. The molecule has 72 valence electrons. The van der Waals surface area contributed by atoms with Gasteiger partial charge in [0, 0.05) is 0 Å². The molecule has 0 aliphatic rings. The van der Waals surface area contributed by atoms with E-state index in [-0.39, 0.29) is 5.69 Å². The maximum absolute atomic E-state index is 11.1. The molecule has 0 spiro atoms. The number of benzene rings is 1. The standard InChI is InChI=1S/C10H13BN2O/c1-5(2)6-3-7(11)9-8(4-6)12-10(14)13-9/h3-5H,11H2,1-2H3,(H2,12,13,14). The highest BCUT2D eigenvalue weighted by molar-refractivity contribution is 6.38. The molecule has 2 rings (SSSR count). The second-order valence-electron chi connectivity index (χ2n) is 3.99. The first kappa shape index (κ1) is 9.12. The van der Waals surface area contributed by atoms with Crippen molar-refractivity contribution in [3.63, 3.8) is 0 Å². The third-order valence-electron chi connectivity index (χ3n) is 2.51. The highest BCUT2D eigenvalue weighted by atomic mass is 16.1. The van der Waals surface area contributed by atoms with Crippen molar-refractivity contribution in [2.75, 3.05) is 0 Å². The summed E-state index contributed by atoms with van der Waals surface area (Å²) in [6.07, 6.45) is 0. The third-order valence-corrected chi connectivity index (χ3v) is 2.51. The number of nitrogens with one attached hydrogen (secondary N) is 2. The molecule has 14 heavy (non-hydrogen) atoms. The van der Waals surface area contributed by atoms with Crippen molar-refractivity contribution in [2.45, 2.75) is 19.8 Å². The van der Waals surface area contributed by atoms with Crippen LogP contribution in [0.2, 0.25) is 0 Å². The summed E-state index contributed by atoms with van der Waals surface area (Å²) in [4.78, 5) is 16.7. The average molecular weight is 188 g/mol. The van der Waals surface area contributed by atoms with Gasteiger partial charge < -0.3 is 9.97 Å². The lowest BCUT2D eigenvalue weighted by Crippen LogP contribution is -2.07. The molecule has 0 fully saturated rings. The predicted molar refractivity (Wildman–Crippen MR) is 61.2 cm³/mol. The molecule has 0 unspecified atom stereocenters. The topological polar surface area (TPSA) is 48.6 Å². The molecule has 0 saturated carbocycles. The Bertz CT molecular complexity index is 524. The van der Waals surface area contributed by atoms with E-state index in [1.165, 1.54) is 5.56 Å². The number of rotatable bonds is 1. The van der Waals surface area contributed by atoms with Gasteiger partial charge >= 0.3 is 5.69 Å². The Balaban J connectivity index is 2.77. The molecule has 0 atom stereocenters. The Labute approximate surface area is 83.0 Å². The van der Waals surface area contributed by atoms with Crippen molar-refractivity contribution >= 4 is 24.3 Å². The number of aromatic amines is 2. The van der Waals surface area contributed by atoms with Crippen LogP contribution in [0.5, 0.6) is 0 Å². The quantitative estimate of drug-likeness (QED) is 0.618. The van der Waals surface area contributed by atoms with Crippen molar-refractivity contribution in [1.29, 1.82) is 0 Å². The highest BCUT2D eigenvalue weighted by Gasteiger charge is 2.05. The van der Waals surface area contributed by atoms with Gasteiger partial charge in [0.05, 0.1) is 11.0 Å². The zero-order valence-corrected chi connectivity index (χ0v) is 8.64. The summed E-state index contributed by atoms with van der Waals surface area (Å²) in [5.74, 6) is 0.483. The molecule has 2 N–H and O–H groups in total. The number of H-pyrrole nitrogens is 2. The zero-order chi connectivity index (χ0) is 10.3. The summed E-state index contributed by atoms with van der Waals surface area (Å²) in [7, 11) is 2.01. The van der Waals surface area contributed by atoms with E-state index < -0.39 is 0 Å². The van der Waals surface area contributed by atoms with Gasteiger partial charge in [-0.15, -0.1) is 0 Å². The van der Waals surface area contributed by atoms with Gasteiger partial charge in [0.1, 0.15) is 7.85 Å². The monoisotopic (exact) mass is 188 g/mol. The number of hydrogen-bond donors (Lipinski definition) is 2. The van der Waals surface area contributed by atoms with Crippen LogP contribution >= 0.6 is 0 Å². The normalized spacial score (nSPS) is 11.4. The molecule has 0 bridgehead atoms. The zero-order valence-electron chi connectivity index (χ0n) is 8.64. The van der Waals surface area contributed by atoms with Gasteiger partial charge in [-0.1, -0.05) is 25.4 Å². The molecule has 0 amide bonds. The Hall–Kier alpha value is -1.45. The molecule has 1 aromatic heterocycles. The fourth-order valence-corrected chi connectivity index (χ4v) is 1.68. The Kier molecular flexibility index (Phi) is 1.99. The summed E-state index contributed by atoms with van der Waals surface area (Å²) in [6, 6.07) is 4.15. The van der Waals surface area contributed by atoms with E-state index in [9.17, 15) is 4.79 Å². The molecular weight excluding hydrogens is 175 g/mol. The van der Waals surface area contributed by atoms with Crippen LogP contribution in [0, 0.1) is 0 Å². The summed E-state index contributed by atoms with van der Waals surface area (Å²) < 4.78 is 0. The van der Waals surface area contributed by atoms with Crippen LogP contribution in [0.4, 0.5) is 0 Å². The van der Waals surface area contributed by atoms with Crippen molar-refractivity contribution in [3.8, 4) is 0 Å². The van der Waals surface area contributed by atoms with Crippen LogP contribution in [0.3, 0.4) is 0 Å². The largest absolute Gasteiger partial charge is 0.323 e. The van der Waals surface area contributed by atoms with Gasteiger partial charge in [0.2, 0.25) is 0 Å². The summed E-state index contributed by atoms with van der Waals surface area (Å²) >= 11 is 0. The second-order valence-corrected chi connectivity index (χ2v) is 3.99. The molecule has 0 aliphatic heterocycles. The van der Waals surface area contributed by atoms with Gasteiger partial charge in [-0.25, -0.2) is 4.79 Å². The van der Waals surface area contributed by atoms with E-state index in [0.717, 1.165) is 16.5 Å². The lowest BCUT2D eigenvalue weighted by molar-refractivity contribution is 0.869. The molecular formula is C10H13BN2O. The van der Waals surface area contributed by atoms with Gasteiger partial charge in [0.15, 0.2) is 0 Å². The minimum absolute atomic E-state index is 0.135. The fourth-order valence-electron chi connectivity index (χ4n) is 1.68. The first-order valence-corrected chi connectivity index (χ1v) is 4.80. The highest BCUT2D eigenvalue weighted by Crippen LogP contribution is 2.16. The fraction of sp³-hybridized carbons (Fsp3) is 0.300. The molecule has 0 aliphatic carbocycles. The van der Waals surface area contributed by atoms with Crippen molar-refractivity contribution < 1.29 is 0 Å². The molecule has 1 heterocycles. The van der Waals surface area contributed by atoms with Crippen molar-refractivity contribution in [3.05, 3.63) is 28.2 Å². The summed E-state index contributed by atoms with van der Waals surface area (Å²) in [5, 5.41) is 0. The third kappa shape index (κ3) is 1.37. The maximum Gasteiger partial charge on any atom is 0.323 e. The van der Waals surface area contributed by atoms with Gasteiger partial charge in [0.25, 0.3) is 0 Å². The average Bonchev–Trinajstić information content (AvgIpc) is 2.45. The van der Waals surface area contributed by atoms with Crippen LogP contribution in [0.15, 0.2) is 16.9 Å². The van der Waals surface area contributed by atoms with Gasteiger partial charge in [-0.05, 0) is 17.5 Å². The smallest absolute Gasteiger partial charge is 0.306 e. The number of fused-ring (bicyclic) bond motifs is 1. The van der Waals surface area contributed by atoms with E-state index in [2.05, 4.69) is 29.9 Å². The minimum Gasteiger partial charge on any atom is -0.306 e. The lowest BCUT2D eigenvalue weighted by atomic mass is 9.89. The van der Waals surface area contributed by atoms with E-state index >= 15 is 0 Å². The van der Waals surface area contributed by atoms with Crippen LogP contribution in [-0.4, -0.2) is 17.8 Å². The molecule has 1 aromatic carbocycles. The number of hydrogen-bond acceptors (Lipinski definition) is 1. The van der Waals surface area contributed by atoms with Crippen molar-refractivity contribution in [1.82, 2.24) is 9.97 Å². The number of aromatic nitrogens is 2. The summed E-state index contributed by atoms with van der Waals surface area (Å²) in [5.41, 5.74) is 4.05. The molecule has 2 aromatic rings. The molecule has 0 saturated heterocycles. The number of imidazole rings is 1. The SMILES string of the molecule is Bc1cc(C(C)C)cc2[nH]c(=O)[nH]c12. The molecule has 4 heteroatoms. The van der Waals surface area contributed by atoms with Crippen LogP contribution in [-0.2, 0) is 0 Å². The lowest BCUT2D eigenvalue weighted by Gasteiger charge is -2.06. The second kappa shape index (κ2) is 3.05. The van der Waals surface area contributed by atoms with Crippen LogP contribution in [0.1, 0.15) is 25.3 Å². The summed E-state index contributed by atoms with van der Waals surface area (Å²) in [6.45, 7) is 4.29. The Morgan fingerprint density at radius 1 is 1.29 bits per heavy atom. The van der Waals surface area contributed by atoms with E-state index in [0.29, 0.717) is 5.92 Å². The first-order chi connectivity index (χ1) is 6.58. The molecule has 0 radical (unpaired) electrons. The van der Waals surface area contributed by atoms with Crippen LogP contribution in [0.25, 0.3) is 11.0 Å².